The minimum atomic E-state index is -0.193. The summed E-state index contributed by atoms with van der Waals surface area (Å²) in [6.07, 6.45) is 3.73. The molecule has 25 heavy (non-hydrogen) atoms. The van der Waals surface area contributed by atoms with Crippen LogP contribution in [0.1, 0.15) is 32.6 Å². The molecular formula is C18H27Cl2N3O2. The van der Waals surface area contributed by atoms with Crippen molar-refractivity contribution >= 4 is 41.5 Å². The minimum absolute atomic E-state index is 0. The first kappa shape index (κ1) is 21.7. The third-order valence-corrected chi connectivity index (χ3v) is 4.80. The standard InChI is InChI=1S/C18H26ClN3O2.ClH/c1-2-10-22(18(24)16-5-3-4-13(16)11-20)12-17(23)21-15-8-6-14(19)7-9-15;/h6-9,13,16H,2-5,10-12,20H2,1H3,(H,21,23);1H/t13-,16-;/m1./s1. The Morgan fingerprint density at radius 1 is 1.28 bits per heavy atom. The zero-order valence-corrected chi connectivity index (χ0v) is 16.1. The van der Waals surface area contributed by atoms with E-state index in [0.717, 1.165) is 25.7 Å². The van der Waals surface area contributed by atoms with Crippen LogP contribution in [0.5, 0.6) is 0 Å². The van der Waals surface area contributed by atoms with E-state index in [4.69, 9.17) is 17.3 Å². The summed E-state index contributed by atoms with van der Waals surface area (Å²) in [5, 5.41) is 3.43. The molecule has 2 rings (SSSR count). The SMILES string of the molecule is CCCN(CC(=O)Nc1ccc(Cl)cc1)C(=O)[C@@H]1CCC[C@@H]1CN.Cl. The molecule has 1 aliphatic carbocycles. The van der Waals surface area contributed by atoms with Crippen molar-refractivity contribution in [2.75, 3.05) is 25.0 Å². The van der Waals surface area contributed by atoms with Crippen LogP contribution >= 0.6 is 24.0 Å². The highest BCUT2D eigenvalue weighted by Gasteiger charge is 2.34. The van der Waals surface area contributed by atoms with E-state index in [1.165, 1.54) is 0 Å². The van der Waals surface area contributed by atoms with Gasteiger partial charge in [-0.25, -0.2) is 0 Å². The number of rotatable bonds is 7. The molecule has 0 aliphatic heterocycles. The highest BCUT2D eigenvalue weighted by molar-refractivity contribution is 6.30. The molecule has 0 radical (unpaired) electrons. The number of amides is 2. The fraction of sp³-hybridized carbons (Fsp3) is 0.556. The first-order chi connectivity index (χ1) is 11.5. The summed E-state index contributed by atoms with van der Waals surface area (Å²) in [5.41, 5.74) is 6.47. The summed E-state index contributed by atoms with van der Waals surface area (Å²) < 4.78 is 0. The summed E-state index contributed by atoms with van der Waals surface area (Å²) in [4.78, 5) is 26.8. The summed E-state index contributed by atoms with van der Waals surface area (Å²) in [6.45, 7) is 3.20. The Morgan fingerprint density at radius 2 is 1.96 bits per heavy atom. The first-order valence-corrected chi connectivity index (χ1v) is 8.97. The monoisotopic (exact) mass is 387 g/mol. The lowest BCUT2D eigenvalue weighted by Gasteiger charge is -2.27. The number of nitrogens with zero attached hydrogens (tertiary/aromatic N) is 1. The molecule has 140 valence electrons. The molecule has 5 nitrogen and oxygen atoms in total. The first-order valence-electron chi connectivity index (χ1n) is 8.59. The van der Waals surface area contributed by atoms with Crippen molar-refractivity contribution in [3.63, 3.8) is 0 Å². The summed E-state index contributed by atoms with van der Waals surface area (Å²) in [7, 11) is 0. The van der Waals surface area contributed by atoms with Gasteiger partial charge in [0.1, 0.15) is 0 Å². The van der Waals surface area contributed by atoms with E-state index in [1.54, 1.807) is 29.2 Å². The van der Waals surface area contributed by atoms with E-state index in [0.29, 0.717) is 23.8 Å². The molecule has 1 aromatic carbocycles. The second kappa shape index (κ2) is 10.6. The Balaban J connectivity index is 0.00000312. The van der Waals surface area contributed by atoms with Crippen LogP contribution in [0, 0.1) is 11.8 Å². The Morgan fingerprint density at radius 3 is 2.56 bits per heavy atom. The number of hydrogen-bond acceptors (Lipinski definition) is 3. The number of benzene rings is 1. The smallest absolute Gasteiger partial charge is 0.243 e. The number of carbonyl (C=O) groups is 2. The fourth-order valence-electron chi connectivity index (χ4n) is 3.32. The Labute approximate surface area is 160 Å². The normalized spacial score (nSPS) is 19.2. The van der Waals surface area contributed by atoms with Crippen molar-refractivity contribution < 1.29 is 9.59 Å². The van der Waals surface area contributed by atoms with Gasteiger partial charge in [0.2, 0.25) is 11.8 Å². The van der Waals surface area contributed by atoms with Crippen LogP contribution in [0.2, 0.25) is 5.02 Å². The zero-order valence-electron chi connectivity index (χ0n) is 14.5. The molecule has 1 fully saturated rings. The van der Waals surface area contributed by atoms with Crippen molar-refractivity contribution in [3.8, 4) is 0 Å². The van der Waals surface area contributed by atoms with E-state index in [-0.39, 0.29) is 42.6 Å². The topological polar surface area (TPSA) is 75.4 Å². The number of anilines is 1. The van der Waals surface area contributed by atoms with E-state index in [2.05, 4.69) is 5.32 Å². The predicted octanol–water partition coefficient (Wildman–Crippen LogP) is 3.31. The van der Waals surface area contributed by atoms with E-state index in [1.807, 2.05) is 6.92 Å². The van der Waals surface area contributed by atoms with E-state index < -0.39 is 0 Å². The Bertz CT molecular complexity index is 566. The van der Waals surface area contributed by atoms with Gasteiger partial charge in [0.25, 0.3) is 0 Å². The van der Waals surface area contributed by atoms with Gasteiger partial charge in [0.15, 0.2) is 0 Å². The highest BCUT2D eigenvalue weighted by Crippen LogP contribution is 2.32. The third kappa shape index (κ3) is 6.17. The molecule has 3 N–H and O–H groups in total. The van der Waals surface area contributed by atoms with Gasteiger partial charge in [-0.1, -0.05) is 24.9 Å². The molecule has 1 saturated carbocycles. The van der Waals surface area contributed by atoms with Gasteiger partial charge in [-0.05, 0) is 56.0 Å². The molecule has 0 heterocycles. The molecule has 0 unspecified atom stereocenters. The summed E-state index contributed by atoms with van der Waals surface area (Å²) in [6, 6.07) is 6.92. The lowest BCUT2D eigenvalue weighted by Crippen LogP contribution is -2.43. The molecule has 0 bridgehead atoms. The number of halogens is 2. The lowest BCUT2D eigenvalue weighted by molar-refractivity contribution is -0.139. The van der Waals surface area contributed by atoms with Crippen LogP contribution < -0.4 is 11.1 Å². The zero-order chi connectivity index (χ0) is 17.5. The van der Waals surface area contributed by atoms with Crippen LogP contribution in [0.25, 0.3) is 0 Å². The number of nitrogens with one attached hydrogen (secondary N) is 1. The van der Waals surface area contributed by atoms with Crippen molar-refractivity contribution in [1.29, 1.82) is 0 Å². The van der Waals surface area contributed by atoms with E-state index in [9.17, 15) is 9.59 Å². The average Bonchev–Trinajstić information content (AvgIpc) is 3.04. The van der Waals surface area contributed by atoms with Crippen LogP contribution in [-0.2, 0) is 9.59 Å². The maximum absolute atomic E-state index is 12.8. The molecular weight excluding hydrogens is 361 g/mol. The maximum atomic E-state index is 12.8. The third-order valence-electron chi connectivity index (χ3n) is 4.55. The van der Waals surface area contributed by atoms with Crippen molar-refractivity contribution in [2.24, 2.45) is 17.6 Å². The number of hydrogen-bond donors (Lipinski definition) is 2. The molecule has 7 heteroatoms. The molecule has 0 spiro atoms. The summed E-state index contributed by atoms with van der Waals surface area (Å²) in [5.74, 6) is 0.0820. The fourth-order valence-corrected chi connectivity index (χ4v) is 3.45. The second-order valence-corrected chi connectivity index (χ2v) is 6.78. The highest BCUT2D eigenvalue weighted by atomic mass is 35.5. The molecule has 1 aromatic rings. The largest absolute Gasteiger partial charge is 0.333 e. The van der Waals surface area contributed by atoms with Crippen LogP contribution in [0.15, 0.2) is 24.3 Å². The van der Waals surface area contributed by atoms with Crippen molar-refractivity contribution in [2.45, 2.75) is 32.6 Å². The molecule has 2 amide bonds. The summed E-state index contributed by atoms with van der Waals surface area (Å²) >= 11 is 5.84. The Hall–Kier alpha value is -1.30. The van der Waals surface area contributed by atoms with Crippen LogP contribution in [0.4, 0.5) is 5.69 Å². The van der Waals surface area contributed by atoms with Crippen molar-refractivity contribution in [1.82, 2.24) is 4.90 Å². The average molecular weight is 388 g/mol. The van der Waals surface area contributed by atoms with Crippen LogP contribution in [-0.4, -0.2) is 36.3 Å². The van der Waals surface area contributed by atoms with E-state index >= 15 is 0 Å². The van der Waals surface area contributed by atoms with Gasteiger partial charge in [0, 0.05) is 23.2 Å². The van der Waals surface area contributed by atoms with Crippen molar-refractivity contribution in [3.05, 3.63) is 29.3 Å². The number of carbonyl (C=O) groups excluding carboxylic acids is 2. The second-order valence-electron chi connectivity index (χ2n) is 6.35. The molecule has 0 aromatic heterocycles. The van der Waals surface area contributed by atoms with Gasteiger partial charge in [-0.2, -0.15) is 0 Å². The van der Waals surface area contributed by atoms with Gasteiger partial charge < -0.3 is 16.0 Å². The van der Waals surface area contributed by atoms with Gasteiger partial charge in [0.05, 0.1) is 6.54 Å². The minimum Gasteiger partial charge on any atom is -0.333 e. The molecule has 2 atom stereocenters. The molecule has 0 saturated heterocycles. The van der Waals surface area contributed by atoms with Crippen LogP contribution in [0.3, 0.4) is 0 Å². The molecule has 1 aliphatic rings. The number of nitrogens with two attached hydrogens (primary N) is 1. The predicted molar refractivity (Wildman–Crippen MR) is 104 cm³/mol. The lowest BCUT2D eigenvalue weighted by atomic mass is 9.94. The van der Waals surface area contributed by atoms with Gasteiger partial charge in [-0.15, -0.1) is 12.4 Å². The van der Waals surface area contributed by atoms with Gasteiger partial charge in [-0.3, -0.25) is 9.59 Å². The Kier molecular flexibility index (Phi) is 9.25. The maximum Gasteiger partial charge on any atom is 0.243 e. The van der Waals surface area contributed by atoms with Gasteiger partial charge >= 0.3 is 0 Å². The quantitative estimate of drug-likeness (QED) is 0.753.